The fourth-order valence-corrected chi connectivity index (χ4v) is 2.44. The number of nitrogens with one attached hydrogen (secondary N) is 1. The molecule has 0 fully saturated rings. The van der Waals surface area contributed by atoms with E-state index in [2.05, 4.69) is 33.8 Å². The maximum absolute atomic E-state index is 4.37. The van der Waals surface area contributed by atoms with Gasteiger partial charge >= 0.3 is 0 Å². The molecule has 1 aliphatic carbocycles. The van der Waals surface area contributed by atoms with E-state index >= 15 is 0 Å². The van der Waals surface area contributed by atoms with Crippen molar-refractivity contribution in [3.05, 3.63) is 11.6 Å². The van der Waals surface area contributed by atoms with E-state index in [0.717, 1.165) is 24.6 Å². The summed E-state index contributed by atoms with van der Waals surface area (Å²) in [6.07, 6.45) is 11.2. The van der Waals surface area contributed by atoms with Crippen molar-refractivity contribution in [1.82, 2.24) is 5.43 Å². The maximum Gasteiger partial charge on any atom is 0.154 e. The molecule has 0 saturated heterocycles. The predicted octanol–water partition coefficient (Wildman–Crippen LogP) is 3.62. The average Bonchev–Trinajstić information content (AvgIpc) is 2.38. The van der Waals surface area contributed by atoms with Crippen LogP contribution in [0.15, 0.2) is 27.0 Å². The summed E-state index contributed by atoms with van der Waals surface area (Å²) in [5.74, 6) is 1.83. The molecule has 1 unspecified atom stereocenters. The number of aliphatic imine (C=N–C) groups is 1. The van der Waals surface area contributed by atoms with Crippen LogP contribution in [0.2, 0.25) is 0 Å². The van der Waals surface area contributed by atoms with E-state index in [-0.39, 0.29) is 0 Å². The Hall–Kier alpha value is -1.19. The van der Waals surface area contributed by atoms with Crippen LogP contribution < -0.4 is 5.43 Å². The third-order valence-electron chi connectivity index (χ3n) is 3.51. The number of rotatable bonds is 1. The summed E-state index contributed by atoms with van der Waals surface area (Å²) in [4.78, 5) is 4.37. The highest BCUT2D eigenvalue weighted by Crippen LogP contribution is 2.21. The van der Waals surface area contributed by atoms with Crippen molar-refractivity contribution in [3.8, 4) is 0 Å². The van der Waals surface area contributed by atoms with Crippen LogP contribution in [0.3, 0.4) is 0 Å². The van der Waals surface area contributed by atoms with E-state index in [9.17, 15) is 0 Å². The van der Waals surface area contributed by atoms with Crippen LogP contribution in [-0.2, 0) is 0 Å². The van der Waals surface area contributed by atoms with Crippen LogP contribution in [0.5, 0.6) is 0 Å². The van der Waals surface area contributed by atoms with Crippen LogP contribution in [0.1, 0.15) is 51.9 Å². The lowest BCUT2D eigenvalue weighted by Gasteiger charge is -2.16. The molecule has 2 aliphatic rings. The van der Waals surface area contributed by atoms with Gasteiger partial charge in [-0.05, 0) is 37.2 Å². The zero-order valence-electron chi connectivity index (χ0n) is 10.7. The first kappa shape index (κ1) is 12.3. The average molecular weight is 234 g/mol. The number of nitrogens with zero attached hydrogens (tertiary/aromatic N) is 3. The summed E-state index contributed by atoms with van der Waals surface area (Å²) >= 11 is 0. The van der Waals surface area contributed by atoms with E-state index in [1.54, 1.807) is 0 Å². The van der Waals surface area contributed by atoms with E-state index in [0.29, 0.717) is 6.67 Å². The normalized spacial score (nSPS) is 29.8. The van der Waals surface area contributed by atoms with Crippen molar-refractivity contribution < 1.29 is 0 Å². The minimum atomic E-state index is 0.469. The van der Waals surface area contributed by atoms with Gasteiger partial charge in [-0.3, -0.25) is 0 Å². The molecule has 1 atom stereocenters. The van der Waals surface area contributed by atoms with Gasteiger partial charge in [-0.2, -0.15) is 0 Å². The second-order valence-corrected chi connectivity index (χ2v) is 5.01. The summed E-state index contributed by atoms with van der Waals surface area (Å²) in [5.41, 5.74) is 4.25. The Morgan fingerprint density at radius 3 is 2.94 bits per heavy atom. The van der Waals surface area contributed by atoms with Gasteiger partial charge in [-0.1, -0.05) is 37.5 Å². The Balaban J connectivity index is 1.97. The van der Waals surface area contributed by atoms with Crippen molar-refractivity contribution in [3.63, 3.8) is 0 Å². The van der Waals surface area contributed by atoms with Gasteiger partial charge in [0.15, 0.2) is 6.67 Å². The Morgan fingerprint density at radius 1 is 1.24 bits per heavy atom. The smallest absolute Gasteiger partial charge is 0.154 e. The number of allylic oxidation sites excluding steroid dienone is 1. The fourth-order valence-electron chi connectivity index (χ4n) is 2.44. The van der Waals surface area contributed by atoms with Gasteiger partial charge in [0.25, 0.3) is 0 Å². The van der Waals surface area contributed by atoms with Crippen LogP contribution in [0.4, 0.5) is 0 Å². The van der Waals surface area contributed by atoms with Gasteiger partial charge in [0.05, 0.1) is 0 Å². The molecule has 0 aromatic carbocycles. The van der Waals surface area contributed by atoms with Crippen LogP contribution in [0.25, 0.3) is 0 Å². The number of amidine groups is 1. The first-order valence-electron chi connectivity index (χ1n) is 6.72. The zero-order chi connectivity index (χ0) is 11.9. The lowest BCUT2D eigenvalue weighted by molar-refractivity contribution is 0.450. The van der Waals surface area contributed by atoms with Crippen LogP contribution in [0, 0.1) is 5.92 Å². The second kappa shape index (κ2) is 6.52. The van der Waals surface area contributed by atoms with Crippen molar-refractivity contribution in [2.75, 3.05) is 6.67 Å². The summed E-state index contributed by atoms with van der Waals surface area (Å²) < 4.78 is 0. The van der Waals surface area contributed by atoms with E-state index in [4.69, 9.17) is 0 Å². The van der Waals surface area contributed by atoms with Gasteiger partial charge < -0.3 is 0 Å². The molecule has 4 heteroatoms. The minimum absolute atomic E-state index is 0.469. The highest BCUT2D eigenvalue weighted by molar-refractivity contribution is 5.98. The lowest BCUT2D eigenvalue weighted by Crippen LogP contribution is -2.23. The number of hydrogen-bond donors (Lipinski definition) is 1. The molecular formula is C13H22N4. The quantitative estimate of drug-likeness (QED) is 0.740. The SMILES string of the molecule is CC1CCC/C=C(/C2=NCN=NN2)CCCC1. The Bertz CT molecular complexity index is 330. The van der Waals surface area contributed by atoms with Crippen molar-refractivity contribution >= 4 is 5.84 Å². The van der Waals surface area contributed by atoms with Crippen molar-refractivity contribution in [2.24, 2.45) is 21.2 Å². The molecule has 0 amide bonds. The second-order valence-electron chi connectivity index (χ2n) is 5.01. The standard InChI is InChI=1S/C13H22N4/c1-11-6-2-4-8-12(9-5-3-7-11)13-14-10-15-17-16-13/h8,11H,2-7,9-10H2,1H3,(H,14,15,16)/b12-8+. The van der Waals surface area contributed by atoms with Crippen molar-refractivity contribution in [1.29, 1.82) is 0 Å². The topological polar surface area (TPSA) is 49.1 Å². The molecule has 0 aromatic heterocycles. The van der Waals surface area contributed by atoms with Gasteiger partial charge in [0, 0.05) is 0 Å². The zero-order valence-corrected chi connectivity index (χ0v) is 10.7. The van der Waals surface area contributed by atoms with Gasteiger partial charge in [0.2, 0.25) is 0 Å². The molecule has 0 bridgehead atoms. The summed E-state index contributed by atoms with van der Waals surface area (Å²) in [5, 5.41) is 7.65. The van der Waals surface area contributed by atoms with Gasteiger partial charge in [-0.25, -0.2) is 10.4 Å². The van der Waals surface area contributed by atoms with Crippen LogP contribution >= 0.6 is 0 Å². The third-order valence-corrected chi connectivity index (χ3v) is 3.51. The highest BCUT2D eigenvalue weighted by Gasteiger charge is 2.11. The monoisotopic (exact) mass is 234 g/mol. The molecule has 94 valence electrons. The Kier molecular flexibility index (Phi) is 4.71. The Labute approximate surface area is 103 Å². The summed E-state index contributed by atoms with van der Waals surface area (Å²) in [6, 6.07) is 0. The maximum atomic E-state index is 4.37. The van der Waals surface area contributed by atoms with E-state index in [1.165, 1.54) is 37.7 Å². The molecule has 0 aromatic rings. The molecule has 1 heterocycles. The molecule has 0 saturated carbocycles. The molecule has 0 spiro atoms. The molecule has 2 rings (SSSR count). The summed E-state index contributed by atoms with van der Waals surface area (Å²) in [6.45, 7) is 2.84. The summed E-state index contributed by atoms with van der Waals surface area (Å²) in [7, 11) is 0. The Morgan fingerprint density at radius 2 is 2.12 bits per heavy atom. The first-order valence-corrected chi connectivity index (χ1v) is 6.72. The van der Waals surface area contributed by atoms with Gasteiger partial charge in [-0.15, -0.1) is 5.11 Å². The van der Waals surface area contributed by atoms with Gasteiger partial charge in [0.1, 0.15) is 5.84 Å². The largest absolute Gasteiger partial charge is 0.243 e. The third kappa shape index (κ3) is 3.95. The predicted molar refractivity (Wildman–Crippen MR) is 69.9 cm³/mol. The lowest BCUT2D eigenvalue weighted by atomic mass is 9.93. The molecule has 4 nitrogen and oxygen atoms in total. The minimum Gasteiger partial charge on any atom is -0.243 e. The number of hydrogen-bond acceptors (Lipinski definition) is 4. The fraction of sp³-hybridized carbons (Fsp3) is 0.769. The molecule has 17 heavy (non-hydrogen) atoms. The molecule has 0 radical (unpaired) electrons. The van der Waals surface area contributed by atoms with E-state index in [1.807, 2.05) is 0 Å². The first-order chi connectivity index (χ1) is 8.36. The van der Waals surface area contributed by atoms with Crippen molar-refractivity contribution in [2.45, 2.75) is 51.9 Å². The van der Waals surface area contributed by atoms with E-state index < -0.39 is 0 Å². The molecule has 1 aliphatic heterocycles. The molecule has 1 N–H and O–H groups in total. The molecular weight excluding hydrogens is 212 g/mol. The van der Waals surface area contributed by atoms with Crippen LogP contribution in [-0.4, -0.2) is 12.5 Å². The highest BCUT2D eigenvalue weighted by atomic mass is 15.5.